The van der Waals surface area contributed by atoms with Gasteiger partial charge in [-0.2, -0.15) is 4.68 Å². The number of benzene rings is 1. The van der Waals surface area contributed by atoms with Gasteiger partial charge in [-0.3, -0.25) is 9.69 Å². The van der Waals surface area contributed by atoms with Gasteiger partial charge in [-0.1, -0.05) is 29.3 Å². The molecule has 1 aliphatic heterocycles. The molecule has 11 heteroatoms. The van der Waals surface area contributed by atoms with Gasteiger partial charge in [0.05, 0.1) is 10.8 Å². The van der Waals surface area contributed by atoms with Gasteiger partial charge in [-0.15, -0.1) is 0 Å². The summed E-state index contributed by atoms with van der Waals surface area (Å²) in [5, 5.41) is 16.1. The number of aromatic nitrogens is 2. The van der Waals surface area contributed by atoms with Crippen LogP contribution in [0.1, 0.15) is 11.3 Å². The van der Waals surface area contributed by atoms with Crippen LogP contribution in [0.15, 0.2) is 22.7 Å². The Morgan fingerprint density at radius 2 is 1.96 bits per heavy atom. The highest BCUT2D eigenvalue weighted by Gasteiger charge is 2.27. The minimum absolute atomic E-state index is 0.0265. The standard InChI is InChI=1S/C17H18BrCl2N5O3/c1-11-16(18)17(25(27)28)21-24(11)10-15(26)23-6-4-22(5-7-23)9-12-2-3-13(19)8-14(12)20/h2-3,8H,4-7,9-10H2,1H3. The molecule has 3 rings (SSSR count). The third-order valence-corrected chi connectivity index (χ3v) is 6.22. The predicted octanol–water partition coefficient (Wildman–Crippen LogP) is 3.51. The van der Waals surface area contributed by atoms with E-state index in [1.165, 1.54) is 4.68 Å². The van der Waals surface area contributed by atoms with Crippen molar-refractivity contribution in [2.45, 2.75) is 20.0 Å². The molecule has 1 aromatic carbocycles. The maximum Gasteiger partial charge on any atom is 0.404 e. The average molecular weight is 491 g/mol. The molecule has 0 radical (unpaired) electrons. The number of halogens is 3. The fraction of sp³-hybridized carbons (Fsp3) is 0.412. The van der Waals surface area contributed by atoms with Crippen LogP contribution in [0.2, 0.25) is 10.0 Å². The van der Waals surface area contributed by atoms with Crippen LogP contribution in [-0.2, 0) is 17.9 Å². The van der Waals surface area contributed by atoms with E-state index in [0.717, 1.165) is 5.56 Å². The summed E-state index contributed by atoms with van der Waals surface area (Å²) in [5.41, 5.74) is 1.55. The van der Waals surface area contributed by atoms with Gasteiger partial charge in [-0.05, 0) is 45.5 Å². The second kappa shape index (κ2) is 8.77. The molecular weight excluding hydrogens is 473 g/mol. The van der Waals surface area contributed by atoms with Crippen LogP contribution in [0.4, 0.5) is 5.82 Å². The summed E-state index contributed by atoms with van der Waals surface area (Å²) in [4.78, 5) is 27.0. The van der Waals surface area contributed by atoms with Crippen molar-refractivity contribution in [3.8, 4) is 0 Å². The minimum atomic E-state index is -0.571. The van der Waals surface area contributed by atoms with E-state index in [-0.39, 0.29) is 18.3 Å². The van der Waals surface area contributed by atoms with E-state index in [4.69, 9.17) is 23.2 Å². The van der Waals surface area contributed by atoms with Crippen molar-refractivity contribution in [1.82, 2.24) is 19.6 Å². The number of hydrogen-bond donors (Lipinski definition) is 0. The lowest BCUT2D eigenvalue weighted by Crippen LogP contribution is -2.49. The van der Waals surface area contributed by atoms with Gasteiger partial charge in [0.15, 0.2) is 0 Å². The number of carbonyl (C=O) groups excluding carboxylic acids is 1. The first-order valence-electron chi connectivity index (χ1n) is 8.57. The topological polar surface area (TPSA) is 84.5 Å². The zero-order chi connectivity index (χ0) is 20.4. The van der Waals surface area contributed by atoms with E-state index in [1.807, 2.05) is 12.1 Å². The highest BCUT2D eigenvalue weighted by Crippen LogP contribution is 2.27. The van der Waals surface area contributed by atoms with Crippen LogP contribution < -0.4 is 0 Å². The average Bonchev–Trinajstić information content (AvgIpc) is 2.93. The SMILES string of the molecule is Cc1c(Br)c([N+](=O)[O-])nn1CC(=O)N1CCN(Cc2ccc(Cl)cc2Cl)CC1. The molecule has 0 spiro atoms. The zero-order valence-electron chi connectivity index (χ0n) is 15.1. The monoisotopic (exact) mass is 489 g/mol. The summed E-state index contributed by atoms with van der Waals surface area (Å²) >= 11 is 15.3. The van der Waals surface area contributed by atoms with Crippen LogP contribution >= 0.6 is 39.1 Å². The molecule has 0 bridgehead atoms. The molecule has 0 saturated carbocycles. The summed E-state index contributed by atoms with van der Waals surface area (Å²) in [6.45, 7) is 4.93. The first-order valence-corrected chi connectivity index (χ1v) is 10.1. The lowest BCUT2D eigenvalue weighted by atomic mass is 10.2. The Labute approximate surface area is 180 Å². The zero-order valence-corrected chi connectivity index (χ0v) is 18.2. The van der Waals surface area contributed by atoms with Crippen molar-refractivity contribution >= 4 is 50.9 Å². The molecule has 1 aliphatic rings. The summed E-state index contributed by atoms with van der Waals surface area (Å²) in [6.07, 6.45) is 0. The van der Waals surface area contributed by atoms with Crippen molar-refractivity contribution in [1.29, 1.82) is 0 Å². The van der Waals surface area contributed by atoms with Gasteiger partial charge < -0.3 is 15.0 Å². The van der Waals surface area contributed by atoms with E-state index in [0.29, 0.717) is 52.9 Å². The summed E-state index contributed by atoms with van der Waals surface area (Å²) in [6, 6.07) is 5.45. The van der Waals surface area contributed by atoms with Crippen molar-refractivity contribution < 1.29 is 9.72 Å². The van der Waals surface area contributed by atoms with Crippen LogP contribution in [0.3, 0.4) is 0 Å². The maximum atomic E-state index is 12.6. The molecule has 0 aliphatic carbocycles. The molecule has 1 fully saturated rings. The molecule has 2 aromatic rings. The predicted molar refractivity (Wildman–Crippen MR) is 110 cm³/mol. The molecule has 8 nitrogen and oxygen atoms in total. The summed E-state index contributed by atoms with van der Waals surface area (Å²) in [5.74, 6) is -0.396. The van der Waals surface area contributed by atoms with Crippen molar-refractivity contribution in [2.75, 3.05) is 26.2 Å². The lowest BCUT2D eigenvalue weighted by Gasteiger charge is -2.34. The Hall–Kier alpha value is -1.68. The van der Waals surface area contributed by atoms with Crippen LogP contribution in [0.5, 0.6) is 0 Å². The van der Waals surface area contributed by atoms with Gasteiger partial charge in [0.2, 0.25) is 5.91 Å². The van der Waals surface area contributed by atoms with Crippen LogP contribution in [0, 0.1) is 17.0 Å². The summed E-state index contributed by atoms with van der Waals surface area (Å²) in [7, 11) is 0. The normalized spacial score (nSPS) is 15.1. The van der Waals surface area contributed by atoms with Crippen LogP contribution in [0.25, 0.3) is 0 Å². The molecule has 0 unspecified atom stereocenters. The molecule has 1 saturated heterocycles. The quantitative estimate of drug-likeness (QED) is 0.473. The Morgan fingerprint density at radius 3 is 2.54 bits per heavy atom. The van der Waals surface area contributed by atoms with Crippen molar-refractivity contribution in [3.05, 3.63) is 54.1 Å². The number of carbonyl (C=O) groups is 1. The first kappa shape index (κ1) is 21.0. The van der Waals surface area contributed by atoms with Crippen molar-refractivity contribution in [2.24, 2.45) is 0 Å². The fourth-order valence-electron chi connectivity index (χ4n) is 3.05. The fourth-order valence-corrected chi connectivity index (χ4v) is 3.95. The smallest absolute Gasteiger partial charge is 0.358 e. The number of nitrogens with zero attached hydrogens (tertiary/aromatic N) is 5. The molecule has 0 N–H and O–H groups in total. The highest BCUT2D eigenvalue weighted by atomic mass is 79.9. The first-order chi connectivity index (χ1) is 13.3. The second-order valence-corrected chi connectivity index (χ2v) is 8.17. The number of rotatable bonds is 5. The number of piperazine rings is 1. The van der Waals surface area contributed by atoms with Gasteiger partial charge in [0, 0.05) is 42.8 Å². The maximum absolute atomic E-state index is 12.6. The summed E-state index contributed by atoms with van der Waals surface area (Å²) < 4.78 is 1.67. The lowest BCUT2D eigenvalue weighted by molar-refractivity contribution is -0.390. The van der Waals surface area contributed by atoms with Gasteiger partial charge in [0.25, 0.3) is 0 Å². The van der Waals surface area contributed by atoms with E-state index in [9.17, 15) is 14.9 Å². The van der Waals surface area contributed by atoms with Crippen LogP contribution in [-0.4, -0.2) is 56.6 Å². The minimum Gasteiger partial charge on any atom is -0.358 e. The number of nitro groups is 1. The van der Waals surface area contributed by atoms with E-state index in [1.54, 1.807) is 17.9 Å². The number of hydrogen-bond acceptors (Lipinski definition) is 5. The molecule has 2 heterocycles. The van der Waals surface area contributed by atoms with Gasteiger partial charge in [0.1, 0.15) is 11.0 Å². The van der Waals surface area contributed by atoms with E-state index >= 15 is 0 Å². The highest BCUT2D eigenvalue weighted by molar-refractivity contribution is 9.10. The Kier molecular flexibility index (Phi) is 6.59. The second-order valence-electron chi connectivity index (χ2n) is 6.53. The molecule has 150 valence electrons. The van der Waals surface area contributed by atoms with Crippen molar-refractivity contribution in [3.63, 3.8) is 0 Å². The largest absolute Gasteiger partial charge is 0.404 e. The Bertz CT molecular complexity index is 912. The molecule has 28 heavy (non-hydrogen) atoms. The molecule has 1 amide bonds. The Balaban J connectivity index is 1.57. The van der Waals surface area contributed by atoms with E-state index in [2.05, 4.69) is 25.9 Å². The van der Waals surface area contributed by atoms with Gasteiger partial charge >= 0.3 is 5.82 Å². The Morgan fingerprint density at radius 1 is 1.29 bits per heavy atom. The molecule has 0 atom stereocenters. The van der Waals surface area contributed by atoms with E-state index < -0.39 is 4.92 Å². The molecule has 1 aromatic heterocycles. The van der Waals surface area contributed by atoms with Gasteiger partial charge in [-0.25, -0.2) is 0 Å². The molecular formula is C17H18BrCl2N5O3. The number of amides is 1. The third kappa shape index (κ3) is 4.65. The third-order valence-electron chi connectivity index (χ3n) is 4.71.